The van der Waals surface area contributed by atoms with Crippen LogP contribution in [-0.4, -0.2) is 11.9 Å². The van der Waals surface area contributed by atoms with Crippen LogP contribution in [0.2, 0.25) is 0 Å². The Kier molecular flexibility index (Phi) is 1.26. The highest BCUT2D eigenvalue weighted by Gasteiger charge is 2.43. The van der Waals surface area contributed by atoms with Crippen LogP contribution in [0.15, 0.2) is 0 Å². The first-order valence-electron chi connectivity index (χ1n) is 2.61. The van der Waals surface area contributed by atoms with E-state index in [2.05, 4.69) is 6.92 Å². The summed E-state index contributed by atoms with van der Waals surface area (Å²) >= 11 is 5.72. The number of hydrogen-bond donors (Lipinski definition) is 1. The Bertz CT molecular complexity index is 66.5. The Balaban J connectivity index is 2.24. The van der Waals surface area contributed by atoms with Crippen LogP contribution in [0.5, 0.6) is 0 Å². The van der Waals surface area contributed by atoms with Gasteiger partial charge in [-0.3, -0.25) is 0 Å². The molecular weight excluding hydrogens is 110 g/mol. The number of nitrogens with two attached hydrogens (primary N) is 1. The molecule has 1 aliphatic rings. The minimum atomic E-state index is 0.380. The average molecular weight is 120 g/mol. The maximum Gasteiger partial charge on any atom is 0.0408 e. The summed E-state index contributed by atoms with van der Waals surface area (Å²) in [5, 5.41) is 0.380. The van der Waals surface area contributed by atoms with Crippen LogP contribution in [-0.2, 0) is 0 Å². The fourth-order valence-corrected chi connectivity index (χ4v) is 1.27. The van der Waals surface area contributed by atoms with Gasteiger partial charge < -0.3 is 5.73 Å². The van der Waals surface area contributed by atoms with Gasteiger partial charge >= 0.3 is 0 Å². The first-order valence-corrected chi connectivity index (χ1v) is 3.05. The highest BCUT2D eigenvalue weighted by atomic mass is 35.5. The van der Waals surface area contributed by atoms with Gasteiger partial charge in [-0.25, -0.2) is 0 Å². The molecule has 42 valence electrons. The second-order valence-corrected chi connectivity index (χ2v) is 2.71. The van der Waals surface area contributed by atoms with E-state index in [1.54, 1.807) is 0 Å². The van der Waals surface area contributed by atoms with Crippen LogP contribution in [0, 0.1) is 11.8 Å². The fourth-order valence-electron chi connectivity index (χ4n) is 0.837. The summed E-state index contributed by atoms with van der Waals surface area (Å²) in [5.41, 5.74) is 5.33. The minimum absolute atomic E-state index is 0.380. The van der Waals surface area contributed by atoms with Gasteiger partial charge in [0.25, 0.3) is 0 Å². The lowest BCUT2D eigenvalue weighted by molar-refractivity contribution is 0.761. The molecule has 0 amide bonds. The standard InChI is InChI=1S/C5H10ClN/c1-3-4(2-7)5(3)6/h3-5H,2,7H2,1H3/t3-,4+,5+/m0/s1. The summed E-state index contributed by atoms with van der Waals surface area (Å²) in [7, 11) is 0. The average Bonchev–Trinajstić information content (AvgIpc) is 2.17. The van der Waals surface area contributed by atoms with Crippen LogP contribution in [0.1, 0.15) is 6.92 Å². The van der Waals surface area contributed by atoms with Crippen LogP contribution >= 0.6 is 11.6 Å². The second kappa shape index (κ2) is 1.64. The Morgan fingerprint density at radius 3 is 2.14 bits per heavy atom. The van der Waals surface area contributed by atoms with E-state index in [0.717, 1.165) is 6.54 Å². The van der Waals surface area contributed by atoms with Gasteiger partial charge in [-0.1, -0.05) is 6.92 Å². The molecule has 2 heteroatoms. The Morgan fingerprint density at radius 1 is 1.71 bits per heavy atom. The SMILES string of the molecule is C[C@@H]1[C@@H](Cl)[C@@H]1CN. The van der Waals surface area contributed by atoms with Crippen LogP contribution in [0.3, 0.4) is 0 Å². The zero-order valence-corrected chi connectivity index (χ0v) is 5.15. The van der Waals surface area contributed by atoms with Gasteiger partial charge in [-0.15, -0.1) is 11.6 Å². The van der Waals surface area contributed by atoms with Gasteiger partial charge in [0.15, 0.2) is 0 Å². The summed E-state index contributed by atoms with van der Waals surface area (Å²) in [5.74, 6) is 1.29. The minimum Gasteiger partial charge on any atom is -0.330 e. The number of rotatable bonds is 1. The van der Waals surface area contributed by atoms with Gasteiger partial charge in [0, 0.05) is 5.38 Å². The molecule has 0 radical (unpaired) electrons. The lowest BCUT2D eigenvalue weighted by Crippen LogP contribution is -2.02. The van der Waals surface area contributed by atoms with Gasteiger partial charge in [-0.2, -0.15) is 0 Å². The van der Waals surface area contributed by atoms with Crippen LogP contribution in [0.4, 0.5) is 0 Å². The van der Waals surface area contributed by atoms with Gasteiger partial charge in [-0.05, 0) is 18.4 Å². The molecule has 0 aliphatic heterocycles. The molecule has 1 aliphatic carbocycles. The fraction of sp³-hybridized carbons (Fsp3) is 1.00. The van der Waals surface area contributed by atoms with E-state index in [-0.39, 0.29) is 0 Å². The largest absolute Gasteiger partial charge is 0.330 e. The van der Waals surface area contributed by atoms with Crippen molar-refractivity contribution in [1.29, 1.82) is 0 Å². The van der Waals surface area contributed by atoms with E-state index >= 15 is 0 Å². The summed E-state index contributed by atoms with van der Waals surface area (Å²) < 4.78 is 0. The van der Waals surface area contributed by atoms with Crippen molar-refractivity contribution >= 4 is 11.6 Å². The van der Waals surface area contributed by atoms with Gasteiger partial charge in [0.1, 0.15) is 0 Å². The van der Waals surface area contributed by atoms with Crippen molar-refractivity contribution in [3.8, 4) is 0 Å². The monoisotopic (exact) mass is 119 g/mol. The van der Waals surface area contributed by atoms with Crippen molar-refractivity contribution in [1.82, 2.24) is 0 Å². The van der Waals surface area contributed by atoms with Crippen molar-refractivity contribution in [2.45, 2.75) is 12.3 Å². The summed E-state index contributed by atoms with van der Waals surface area (Å²) in [6.07, 6.45) is 0. The molecule has 0 bridgehead atoms. The Labute approximate surface area is 48.8 Å². The normalized spacial score (nSPS) is 49.3. The maximum absolute atomic E-state index is 5.72. The quantitative estimate of drug-likeness (QED) is 0.508. The van der Waals surface area contributed by atoms with E-state index in [9.17, 15) is 0 Å². The Morgan fingerprint density at radius 2 is 2.14 bits per heavy atom. The van der Waals surface area contributed by atoms with Crippen molar-refractivity contribution < 1.29 is 0 Å². The first kappa shape index (κ1) is 5.39. The van der Waals surface area contributed by atoms with E-state index < -0.39 is 0 Å². The zero-order valence-electron chi connectivity index (χ0n) is 4.39. The first-order chi connectivity index (χ1) is 3.27. The van der Waals surface area contributed by atoms with Crippen molar-refractivity contribution in [2.24, 2.45) is 17.6 Å². The van der Waals surface area contributed by atoms with E-state index in [1.165, 1.54) is 0 Å². The molecule has 0 unspecified atom stereocenters. The third-order valence-electron chi connectivity index (χ3n) is 1.72. The maximum atomic E-state index is 5.72. The molecule has 2 N–H and O–H groups in total. The van der Waals surface area contributed by atoms with Crippen LogP contribution < -0.4 is 5.73 Å². The third-order valence-corrected chi connectivity index (χ3v) is 2.44. The Hall–Kier alpha value is 0.250. The van der Waals surface area contributed by atoms with Crippen molar-refractivity contribution in [3.05, 3.63) is 0 Å². The molecule has 3 atom stereocenters. The van der Waals surface area contributed by atoms with Gasteiger partial charge in [0.05, 0.1) is 0 Å². The molecule has 1 nitrogen and oxygen atoms in total. The lowest BCUT2D eigenvalue weighted by atomic mass is 10.3. The summed E-state index contributed by atoms with van der Waals surface area (Å²) in [6.45, 7) is 2.89. The zero-order chi connectivity index (χ0) is 5.44. The van der Waals surface area contributed by atoms with Crippen LogP contribution in [0.25, 0.3) is 0 Å². The summed E-state index contributed by atoms with van der Waals surface area (Å²) in [6, 6.07) is 0. The lowest BCUT2D eigenvalue weighted by Gasteiger charge is -1.80. The van der Waals surface area contributed by atoms with Crippen molar-refractivity contribution in [3.63, 3.8) is 0 Å². The third kappa shape index (κ3) is 0.752. The molecule has 1 rings (SSSR count). The molecule has 7 heavy (non-hydrogen) atoms. The molecule has 0 spiro atoms. The molecule has 1 saturated carbocycles. The van der Waals surface area contributed by atoms with Gasteiger partial charge in [0.2, 0.25) is 0 Å². The molecule has 1 fully saturated rings. The van der Waals surface area contributed by atoms with E-state index in [1.807, 2.05) is 0 Å². The second-order valence-electron chi connectivity index (χ2n) is 2.20. The van der Waals surface area contributed by atoms with E-state index in [0.29, 0.717) is 17.2 Å². The summed E-state index contributed by atoms with van der Waals surface area (Å²) in [4.78, 5) is 0. The van der Waals surface area contributed by atoms with E-state index in [4.69, 9.17) is 17.3 Å². The number of hydrogen-bond acceptors (Lipinski definition) is 1. The number of halogens is 1. The molecule has 0 aromatic heterocycles. The smallest absolute Gasteiger partial charge is 0.0408 e. The number of alkyl halides is 1. The predicted molar refractivity (Wildman–Crippen MR) is 31.3 cm³/mol. The predicted octanol–water partition coefficient (Wildman–Crippen LogP) is 0.818. The highest BCUT2D eigenvalue weighted by Crippen LogP contribution is 2.42. The molecular formula is C5H10ClN. The van der Waals surface area contributed by atoms with Crippen molar-refractivity contribution in [2.75, 3.05) is 6.54 Å². The molecule has 0 heterocycles. The highest BCUT2D eigenvalue weighted by molar-refractivity contribution is 6.22. The molecule has 0 aromatic carbocycles. The molecule has 0 aromatic rings. The topological polar surface area (TPSA) is 26.0 Å². The molecule has 0 saturated heterocycles.